The van der Waals surface area contributed by atoms with E-state index in [1.54, 1.807) is 0 Å². The van der Waals surface area contributed by atoms with Crippen LogP contribution >= 0.6 is 0 Å². The topological polar surface area (TPSA) is 66.5 Å². The Balaban J connectivity index is 2.53. The first-order valence-electron chi connectivity index (χ1n) is 5.99. The van der Waals surface area contributed by atoms with Crippen molar-refractivity contribution in [2.75, 3.05) is 0 Å². The molecule has 5 nitrogen and oxygen atoms in total. The predicted octanol–water partition coefficient (Wildman–Crippen LogP) is 1.81. The third kappa shape index (κ3) is 4.16. The molecule has 0 unspecified atom stereocenters. The molecule has 1 aromatic heterocycles. The Morgan fingerprint density at radius 1 is 1.53 bits per heavy atom. The maximum atomic E-state index is 8.65. The molecule has 0 fully saturated rings. The molecule has 1 aromatic rings. The van der Waals surface area contributed by atoms with Gasteiger partial charge < -0.3 is 5.32 Å². The summed E-state index contributed by atoms with van der Waals surface area (Å²) in [7, 11) is 0. The minimum atomic E-state index is -0.0396. The van der Waals surface area contributed by atoms with Gasteiger partial charge in [0.05, 0.1) is 29.9 Å². The lowest BCUT2D eigenvalue weighted by Gasteiger charge is -2.17. The van der Waals surface area contributed by atoms with Crippen molar-refractivity contribution in [1.29, 1.82) is 5.26 Å². The molecule has 1 N–H and O–H groups in total. The van der Waals surface area contributed by atoms with Crippen molar-refractivity contribution >= 4 is 0 Å². The summed E-state index contributed by atoms with van der Waals surface area (Å²) in [6.07, 6.45) is 3.43. The van der Waals surface area contributed by atoms with E-state index in [2.05, 4.69) is 49.4 Å². The van der Waals surface area contributed by atoms with Crippen molar-refractivity contribution in [1.82, 2.24) is 20.3 Å². The normalized spacial score (nSPS) is 13.4. The molecule has 0 spiro atoms. The number of rotatable bonds is 5. The Morgan fingerprint density at radius 2 is 2.24 bits per heavy atom. The lowest BCUT2D eigenvalue weighted by Crippen LogP contribution is -2.27. The zero-order chi connectivity index (χ0) is 12.9. The Hall–Kier alpha value is -1.41. The summed E-state index contributed by atoms with van der Waals surface area (Å²) < 4.78 is 1.86. The van der Waals surface area contributed by atoms with E-state index in [1.807, 2.05) is 10.9 Å². The zero-order valence-corrected chi connectivity index (χ0v) is 11.1. The minimum Gasteiger partial charge on any atom is -0.307 e. The van der Waals surface area contributed by atoms with Gasteiger partial charge in [0, 0.05) is 12.6 Å². The number of nitrogens with zero attached hydrogens (tertiary/aromatic N) is 4. The Morgan fingerprint density at radius 3 is 2.71 bits per heavy atom. The highest BCUT2D eigenvalue weighted by molar-refractivity contribution is 4.95. The largest absolute Gasteiger partial charge is 0.307 e. The van der Waals surface area contributed by atoms with Gasteiger partial charge in [0.2, 0.25) is 0 Å². The van der Waals surface area contributed by atoms with E-state index in [-0.39, 0.29) is 11.6 Å². The molecule has 1 rings (SSSR count). The Kier molecular flexibility index (Phi) is 4.64. The summed E-state index contributed by atoms with van der Waals surface area (Å²) >= 11 is 0. The number of nitriles is 1. The molecule has 0 aliphatic carbocycles. The van der Waals surface area contributed by atoms with E-state index in [1.165, 1.54) is 0 Å². The van der Waals surface area contributed by atoms with Gasteiger partial charge in [-0.05, 0) is 27.2 Å². The summed E-state index contributed by atoms with van der Waals surface area (Å²) in [5.74, 6) is 0. The molecule has 94 valence electrons. The van der Waals surface area contributed by atoms with E-state index >= 15 is 0 Å². The summed E-state index contributed by atoms with van der Waals surface area (Å²) in [6.45, 7) is 8.99. The van der Waals surface area contributed by atoms with Gasteiger partial charge >= 0.3 is 0 Å². The van der Waals surface area contributed by atoms with Crippen LogP contribution < -0.4 is 5.32 Å². The summed E-state index contributed by atoms with van der Waals surface area (Å²) in [5.41, 5.74) is 0.874. The molecule has 0 radical (unpaired) electrons. The number of nitrogens with one attached hydrogen (secondary N) is 1. The fourth-order valence-corrected chi connectivity index (χ4v) is 1.43. The minimum absolute atomic E-state index is 0.0396. The molecular formula is C12H21N5. The molecule has 0 saturated carbocycles. The molecule has 1 atom stereocenters. The highest BCUT2D eigenvalue weighted by Gasteiger charge is 2.15. The van der Waals surface area contributed by atoms with Gasteiger partial charge in [-0.1, -0.05) is 12.1 Å². The molecule has 0 bridgehead atoms. The van der Waals surface area contributed by atoms with Gasteiger partial charge in [-0.2, -0.15) is 5.26 Å². The standard InChI is InChI=1S/C12H21N5/c1-5-10(6-7-13)14-8-11-9-17(16-15-11)12(2,3)4/h9-10,14H,5-6,8H2,1-4H3/t10-/m0/s1. The lowest BCUT2D eigenvalue weighted by atomic mass is 10.1. The van der Waals surface area contributed by atoms with Crippen LogP contribution in [0.4, 0.5) is 0 Å². The van der Waals surface area contributed by atoms with Gasteiger partial charge in [0.25, 0.3) is 0 Å². The fourth-order valence-electron chi connectivity index (χ4n) is 1.43. The summed E-state index contributed by atoms with van der Waals surface area (Å²) in [5, 5.41) is 20.2. The lowest BCUT2D eigenvalue weighted by molar-refractivity contribution is 0.346. The van der Waals surface area contributed by atoms with E-state index < -0.39 is 0 Å². The molecule has 0 saturated heterocycles. The van der Waals surface area contributed by atoms with Gasteiger partial charge in [-0.15, -0.1) is 5.10 Å². The number of hydrogen-bond donors (Lipinski definition) is 1. The van der Waals surface area contributed by atoms with Crippen LogP contribution in [0.2, 0.25) is 0 Å². The summed E-state index contributed by atoms with van der Waals surface area (Å²) in [4.78, 5) is 0. The van der Waals surface area contributed by atoms with Crippen molar-refractivity contribution in [3.63, 3.8) is 0 Å². The van der Waals surface area contributed by atoms with Crippen LogP contribution in [0.25, 0.3) is 0 Å². The average molecular weight is 235 g/mol. The third-order valence-corrected chi connectivity index (χ3v) is 2.63. The number of hydrogen-bond acceptors (Lipinski definition) is 4. The first kappa shape index (κ1) is 13.7. The number of aromatic nitrogens is 3. The molecule has 1 heterocycles. The zero-order valence-electron chi connectivity index (χ0n) is 11.1. The van der Waals surface area contributed by atoms with Gasteiger partial charge in [-0.3, -0.25) is 0 Å². The monoisotopic (exact) mass is 235 g/mol. The van der Waals surface area contributed by atoms with E-state index in [0.29, 0.717) is 13.0 Å². The summed E-state index contributed by atoms with van der Waals surface area (Å²) in [6, 6.07) is 2.42. The first-order chi connectivity index (χ1) is 7.97. The van der Waals surface area contributed by atoms with Crippen molar-refractivity contribution in [2.45, 2.75) is 58.7 Å². The highest BCUT2D eigenvalue weighted by Crippen LogP contribution is 2.11. The fraction of sp³-hybridized carbons (Fsp3) is 0.750. The van der Waals surface area contributed by atoms with Crippen LogP contribution in [0.1, 0.15) is 46.2 Å². The van der Waals surface area contributed by atoms with Crippen molar-refractivity contribution in [3.05, 3.63) is 11.9 Å². The van der Waals surface area contributed by atoms with Gasteiger partial charge in [-0.25, -0.2) is 4.68 Å². The molecular weight excluding hydrogens is 214 g/mol. The van der Waals surface area contributed by atoms with Crippen LogP contribution in [0, 0.1) is 11.3 Å². The van der Waals surface area contributed by atoms with E-state index in [4.69, 9.17) is 5.26 Å². The van der Waals surface area contributed by atoms with Crippen LogP contribution in [0.15, 0.2) is 6.20 Å². The van der Waals surface area contributed by atoms with E-state index in [9.17, 15) is 0 Å². The Bertz CT molecular complexity index is 382. The van der Waals surface area contributed by atoms with E-state index in [0.717, 1.165) is 12.1 Å². The molecule has 5 heteroatoms. The van der Waals surface area contributed by atoms with Crippen molar-refractivity contribution < 1.29 is 0 Å². The van der Waals surface area contributed by atoms with Crippen LogP contribution in [0.5, 0.6) is 0 Å². The SMILES string of the molecule is CC[C@@H](CC#N)NCc1cn(C(C)(C)C)nn1. The maximum absolute atomic E-state index is 8.65. The van der Waals surface area contributed by atoms with Gasteiger partial charge in [0.15, 0.2) is 0 Å². The Labute approximate surface area is 103 Å². The van der Waals surface area contributed by atoms with Crippen LogP contribution in [-0.4, -0.2) is 21.0 Å². The van der Waals surface area contributed by atoms with Crippen molar-refractivity contribution in [2.24, 2.45) is 0 Å². The maximum Gasteiger partial charge on any atom is 0.0965 e. The van der Waals surface area contributed by atoms with Crippen molar-refractivity contribution in [3.8, 4) is 6.07 Å². The van der Waals surface area contributed by atoms with Crippen LogP contribution in [0.3, 0.4) is 0 Å². The smallest absolute Gasteiger partial charge is 0.0965 e. The molecule has 0 aliphatic heterocycles. The molecule has 17 heavy (non-hydrogen) atoms. The first-order valence-corrected chi connectivity index (χ1v) is 5.99. The quantitative estimate of drug-likeness (QED) is 0.845. The molecule has 0 aromatic carbocycles. The second-order valence-electron chi connectivity index (χ2n) is 5.17. The molecule has 0 aliphatic rings. The predicted molar refractivity (Wildman–Crippen MR) is 66.2 cm³/mol. The molecule has 0 amide bonds. The third-order valence-electron chi connectivity index (χ3n) is 2.63. The van der Waals surface area contributed by atoms with Crippen LogP contribution in [-0.2, 0) is 12.1 Å². The highest BCUT2D eigenvalue weighted by atomic mass is 15.4. The second-order valence-corrected chi connectivity index (χ2v) is 5.17. The van der Waals surface area contributed by atoms with Gasteiger partial charge in [0.1, 0.15) is 0 Å². The average Bonchev–Trinajstić information content (AvgIpc) is 2.72. The second kappa shape index (κ2) is 5.78.